The summed E-state index contributed by atoms with van der Waals surface area (Å²) in [7, 11) is -3.84. The van der Waals surface area contributed by atoms with Crippen LogP contribution in [0.1, 0.15) is 23.7 Å². The van der Waals surface area contributed by atoms with Crippen LogP contribution in [0.15, 0.2) is 23.1 Å². The van der Waals surface area contributed by atoms with Gasteiger partial charge in [0, 0.05) is 6.04 Å². The van der Waals surface area contributed by atoms with Gasteiger partial charge in [0.25, 0.3) is 0 Å². The van der Waals surface area contributed by atoms with Gasteiger partial charge in [-0.1, -0.05) is 18.5 Å². The minimum absolute atomic E-state index is 0.144. The summed E-state index contributed by atoms with van der Waals surface area (Å²) in [6, 6.07) is 2.75. The fraction of sp³-hybridized carbons (Fsp3) is 0.364. The third kappa shape index (κ3) is 3.90. The molecular weight excluding hydrogens is 294 g/mol. The molecule has 106 valence electrons. The molecule has 8 heteroatoms. The maximum Gasteiger partial charge on any atom is 0.337 e. The van der Waals surface area contributed by atoms with Crippen LogP contribution in [-0.2, 0) is 10.0 Å². The summed E-state index contributed by atoms with van der Waals surface area (Å²) in [5, 5.41) is 17.6. The highest BCUT2D eigenvalue weighted by Gasteiger charge is 2.20. The van der Waals surface area contributed by atoms with Gasteiger partial charge in [-0.05, 0) is 24.6 Å². The number of aliphatic hydroxyl groups excluding tert-OH is 1. The molecule has 6 nitrogen and oxygen atoms in total. The van der Waals surface area contributed by atoms with E-state index in [1.807, 2.05) is 0 Å². The lowest BCUT2D eigenvalue weighted by Crippen LogP contribution is -2.36. The van der Waals surface area contributed by atoms with Crippen molar-refractivity contribution in [2.45, 2.75) is 24.3 Å². The second kappa shape index (κ2) is 6.33. The molecule has 1 aromatic carbocycles. The molecule has 0 unspecified atom stereocenters. The van der Waals surface area contributed by atoms with Crippen LogP contribution < -0.4 is 4.72 Å². The maximum atomic E-state index is 12.0. The summed E-state index contributed by atoms with van der Waals surface area (Å²) in [4.78, 5) is 10.6. The summed E-state index contributed by atoms with van der Waals surface area (Å²) in [5.41, 5.74) is -0.171. The normalized spacial score (nSPS) is 13.2. The molecule has 0 aliphatic carbocycles. The van der Waals surface area contributed by atoms with Crippen LogP contribution in [0.4, 0.5) is 0 Å². The minimum Gasteiger partial charge on any atom is -0.478 e. The number of aromatic carboxylic acids is 1. The number of carboxylic acid groups (broad SMARTS) is 1. The highest BCUT2D eigenvalue weighted by molar-refractivity contribution is 7.89. The largest absolute Gasteiger partial charge is 0.478 e. The molecule has 0 aliphatic rings. The SMILES string of the molecule is CC[C@H](CO)NS(=O)(=O)c1ccc(C(=O)O)c(Cl)c1. The molecule has 0 spiro atoms. The number of carboxylic acids is 1. The van der Waals surface area contributed by atoms with Crippen LogP contribution in [0.2, 0.25) is 5.02 Å². The number of aliphatic hydroxyl groups is 1. The zero-order valence-corrected chi connectivity index (χ0v) is 11.7. The second-order valence-electron chi connectivity index (χ2n) is 3.86. The maximum absolute atomic E-state index is 12.0. The van der Waals surface area contributed by atoms with Crippen LogP contribution in [0.5, 0.6) is 0 Å². The highest BCUT2D eigenvalue weighted by atomic mass is 35.5. The van der Waals surface area contributed by atoms with Crippen molar-refractivity contribution < 1.29 is 23.4 Å². The Morgan fingerprint density at radius 3 is 2.53 bits per heavy atom. The number of hydrogen-bond donors (Lipinski definition) is 3. The third-order valence-corrected chi connectivity index (χ3v) is 4.35. The Morgan fingerprint density at radius 1 is 1.47 bits per heavy atom. The summed E-state index contributed by atoms with van der Waals surface area (Å²) in [6.45, 7) is 1.40. The number of rotatable bonds is 6. The van der Waals surface area contributed by atoms with Crippen LogP contribution in [0.3, 0.4) is 0 Å². The van der Waals surface area contributed by atoms with Crippen molar-refractivity contribution in [2.24, 2.45) is 0 Å². The van der Waals surface area contributed by atoms with E-state index in [4.69, 9.17) is 21.8 Å². The van der Waals surface area contributed by atoms with E-state index in [1.165, 1.54) is 0 Å². The lowest BCUT2D eigenvalue weighted by atomic mass is 10.2. The van der Waals surface area contributed by atoms with Gasteiger partial charge < -0.3 is 10.2 Å². The van der Waals surface area contributed by atoms with Crippen LogP contribution in [-0.4, -0.2) is 37.2 Å². The molecule has 0 saturated heterocycles. The predicted octanol–water partition coefficient (Wildman–Crippen LogP) is 1.09. The molecule has 1 aromatic rings. The zero-order chi connectivity index (χ0) is 14.6. The summed E-state index contributed by atoms with van der Waals surface area (Å²) >= 11 is 5.71. The van der Waals surface area contributed by atoms with Gasteiger partial charge in [0.2, 0.25) is 10.0 Å². The molecule has 0 radical (unpaired) electrons. The van der Waals surface area contributed by atoms with Crippen LogP contribution >= 0.6 is 11.6 Å². The fourth-order valence-electron chi connectivity index (χ4n) is 1.37. The molecule has 0 aromatic heterocycles. The van der Waals surface area contributed by atoms with Crippen molar-refractivity contribution in [2.75, 3.05) is 6.61 Å². The molecular formula is C11H14ClNO5S. The third-order valence-electron chi connectivity index (χ3n) is 2.52. The van der Waals surface area contributed by atoms with Gasteiger partial charge in [-0.25, -0.2) is 17.9 Å². The summed E-state index contributed by atoms with van der Waals surface area (Å²) in [6.07, 6.45) is 0.427. The van der Waals surface area contributed by atoms with Crippen molar-refractivity contribution in [3.05, 3.63) is 28.8 Å². The van der Waals surface area contributed by atoms with Crippen molar-refractivity contribution in [1.82, 2.24) is 4.72 Å². The van der Waals surface area contributed by atoms with E-state index in [0.717, 1.165) is 18.2 Å². The van der Waals surface area contributed by atoms with Gasteiger partial charge in [0.1, 0.15) is 0 Å². The van der Waals surface area contributed by atoms with E-state index >= 15 is 0 Å². The van der Waals surface area contributed by atoms with Gasteiger partial charge in [-0.2, -0.15) is 0 Å². The number of nitrogens with one attached hydrogen (secondary N) is 1. The highest BCUT2D eigenvalue weighted by Crippen LogP contribution is 2.21. The first-order chi connectivity index (χ1) is 8.81. The van der Waals surface area contributed by atoms with Crippen LogP contribution in [0, 0.1) is 0 Å². The van der Waals surface area contributed by atoms with Gasteiger partial charge >= 0.3 is 5.97 Å². The first-order valence-electron chi connectivity index (χ1n) is 5.47. The summed E-state index contributed by atoms with van der Waals surface area (Å²) < 4.78 is 26.2. The number of carbonyl (C=O) groups is 1. The average molecular weight is 308 g/mol. The summed E-state index contributed by atoms with van der Waals surface area (Å²) in [5.74, 6) is -1.23. The van der Waals surface area contributed by atoms with Crippen molar-refractivity contribution in [3.8, 4) is 0 Å². The zero-order valence-electron chi connectivity index (χ0n) is 10.1. The molecule has 0 aliphatic heterocycles. The fourth-order valence-corrected chi connectivity index (χ4v) is 3.04. The molecule has 0 heterocycles. The van der Waals surface area contributed by atoms with E-state index in [0.29, 0.717) is 6.42 Å². The lowest BCUT2D eigenvalue weighted by molar-refractivity contribution is 0.0697. The second-order valence-corrected chi connectivity index (χ2v) is 5.98. The smallest absolute Gasteiger partial charge is 0.337 e. The topological polar surface area (TPSA) is 104 Å². The predicted molar refractivity (Wildman–Crippen MR) is 69.9 cm³/mol. The standard InChI is InChI=1S/C11H14ClNO5S/c1-2-7(6-14)13-19(17,18)8-3-4-9(11(15)16)10(12)5-8/h3-5,7,13-14H,2,6H2,1H3,(H,15,16)/t7-/m1/s1. The van der Waals surface area contributed by atoms with E-state index in [2.05, 4.69) is 4.72 Å². The molecule has 0 bridgehead atoms. The Morgan fingerprint density at radius 2 is 2.11 bits per heavy atom. The Bertz CT molecular complexity index is 568. The molecule has 19 heavy (non-hydrogen) atoms. The first kappa shape index (κ1) is 15.9. The Hall–Kier alpha value is -1.15. The molecule has 0 saturated carbocycles. The quantitative estimate of drug-likeness (QED) is 0.730. The van der Waals surface area contributed by atoms with Gasteiger partial charge in [-0.3, -0.25) is 0 Å². The van der Waals surface area contributed by atoms with E-state index in [-0.39, 0.29) is 22.1 Å². The van der Waals surface area contributed by atoms with Crippen molar-refractivity contribution >= 4 is 27.6 Å². The van der Waals surface area contributed by atoms with E-state index in [1.54, 1.807) is 6.92 Å². The molecule has 0 amide bonds. The van der Waals surface area contributed by atoms with Crippen molar-refractivity contribution in [3.63, 3.8) is 0 Å². The average Bonchev–Trinajstić information content (AvgIpc) is 2.35. The monoisotopic (exact) mass is 307 g/mol. The molecule has 1 rings (SSSR count). The molecule has 0 fully saturated rings. The molecule has 1 atom stereocenters. The number of benzene rings is 1. The Kier molecular flexibility index (Phi) is 5.30. The number of hydrogen-bond acceptors (Lipinski definition) is 4. The Balaban J connectivity index is 3.09. The van der Waals surface area contributed by atoms with E-state index < -0.39 is 22.0 Å². The minimum atomic E-state index is -3.84. The number of sulfonamides is 1. The van der Waals surface area contributed by atoms with E-state index in [9.17, 15) is 13.2 Å². The van der Waals surface area contributed by atoms with Gasteiger partial charge in [0.05, 0.1) is 22.1 Å². The van der Waals surface area contributed by atoms with Crippen LogP contribution in [0.25, 0.3) is 0 Å². The van der Waals surface area contributed by atoms with Crippen molar-refractivity contribution in [1.29, 1.82) is 0 Å². The Labute approximate surface area is 116 Å². The number of halogens is 1. The molecule has 3 N–H and O–H groups in total. The van der Waals surface area contributed by atoms with Gasteiger partial charge in [-0.15, -0.1) is 0 Å². The first-order valence-corrected chi connectivity index (χ1v) is 7.34. The lowest BCUT2D eigenvalue weighted by Gasteiger charge is -2.14. The van der Waals surface area contributed by atoms with Gasteiger partial charge in [0.15, 0.2) is 0 Å².